The number of benzene rings is 1. The number of aliphatic hydroxyl groups is 1. The van der Waals surface area contributed by atoms with Crippen LogP contribution in [0.2, 0.25) is 0 Å². The van der Waals surface area contributed by atoms with Gasteiger partial charge in [0.15, 0.2) is 0 Å². The molecule has 0 aliphatic carbocycles. The summed E-state index contributed by atoms with van der Waals surface area (Å²) < 4.78 is 0. The Labute approximate surface area is 97.9 Å². The number of hydrogen-bond donors (Lipinski definition) is 2. The van der Waals surface area contributed by atoms with E-state index in [9.17, 15) is 5.11 Å². The predicted molar refractivity (Wildman–Crippen MR) is 67.4 cm³/mol. The van der Waals surface area contributed by atoms with Crippen LogP contribution in [0, 0.1) is 13.8 Å². The SMILES string of the molecule is Cc1ccc(C(C(N)CO)N(C)C)c(C)c1. The molecule has 0 aromatic heterocycles. The molecule has 0 aliphatic heterocycles. The highest BCUT2D eigenvalue weighted by Crippen LogP contribution is 2.24. The highest BCUT2D eigenvalue weighted by molar-refractivity contribution is 5.33. The molecule has 0 saturated carbocycles. The van der Waals surface area contributed by atoms with E-state index in [1.807, 2.05) is 14.1 Å². The molecule has 0 heterocycles. The van der Waals surface area contributed by atoms with Crippen molar-refractivity contribution in [1.29, 1.82) is 0 Å². The molecule has 0 spiro atoms. The number of rotatable bonds is 4. The first-order valence-electron chi connectivity index (χ1n) is 5.57. The van der Waals surface area contributed by atoms with Gasteiger partial charge in [-0.05, 0) is 39.1 Å². The summed E-state index contributed by atoms with van der Waals surface area (Å²) in [6, 6.07) is 6.14. The molecule has 3 N–H and O–H groups in total. The van der Waals surface area contributed by atoms with Crippen LogP contribution < -0.4 is 5.73 Å². The lowest BCUT2D eigenvalue weighted by Gasteiger charge is -2.30. The Kier molecular flexibility index (Phi) is 4.47. The molecule has 16 heavy (non-hydrogen) atoms. The number of aryl methyl sites for hydroxylation is 2. The van der Waals surface area contributed by atoms with Crippen LogP contribution in [0.15, 0.2) is 18.2 Å². The Bertz CT molecular complexity index is 350. The van der Waals surface area contributed by atoms with Crippen LogP contribution in [0.1, 0.15) is 22.7 Å². The third-order valence-corrected chi connectivity index (χ3v) is 2.92. The summed E-state index contributed by atoms with van der Waals surface area (Å²) in [5.41, 5.74) is 9.63. The van der Waals surface area contributed by atoms with E-state index in [1.165, 1.54) is 16.7 Å². The molecule has 0 saturated heterocycles. The summed E-state index contributed by atoms with van der Waals surface area (Å²) in [6.07, 6.45) is 0. The van der Waals surface area contributed by atoms with Crippen LogP contribution in [-0.2, 0) is 0 Å². The quantitative estimate of drug-likeness (QED) is 0.805. The number of aliphatic hydroxyl groups excluding tert-OH is 1. The first-order chi connectivity index (χ1) is 7.47. The fraction of sp³-hybridized carbons (Fsp3) is 0.538. The van der Waals surface area contributed by atoms with Crippen LogP contribution in [0.3, 0.4) is 0 Å². The highest BCUT2D eigenvalue weighted by atomic mass is 16.3. The summed E-state index contributed by atoms with van der Waals surface area (Å²) in [5, 5.41) is 9.21. The van der Waals surface area contributed by atoms with Gasteiger partial charge in [0.05, 0.1) is 12.6 Å². The van der Waals surface area contributed by atoms with Gasteiger partial charge in [0.25, 0.3) is 0 Å². The van der Waals surface area contributed by atoms with E-state index < -0.39 is 0 Å². The molecule has 2 atom stereocenters. The number of nitrogens with zero attached hydrogens (tertiary/aromatic N) is 1. The second-order valence-corrected chi connectivity index (χ2v) is 4.61. The molecule has 0 bridgehead atoms. The van der Waals surface area contributed by atoms with Crippen molar-refractivity contribution in [3.8, 4) is 0 Å². The van der Waals surface area contributed by atoms with Crippen molar-refractivity contribution in [2.24, 2.45) is 5.73 Å². The van der Waals surface area contributed by atoms with Crippen LogP contribution in [0.25, 0.3) is 0 Å². The molecule has 0 radical (unpaired) electrons. The summed E-state index contributed by atoms with van der Waals surface area (Å²) in [4.78, 5) is 2.05. The van der Waals surface area contributed by atoms with E-state index in [0.717, 1.165) is 0 Å². The molecule has 3 heteroatoms. The van der Waals surface area contributed by atoms with Crippen molar-refractivity contribution >= 4 is 0 Å². The van der Waals surface area contributed by atoms with Crippen molar-refractivity contribution in [3.05, 3.63) is 34.9 Å². The van der Waals surface area contributed by atoms with Gasteiger partial charge in [-0.25, -0.2) is 0 Å². The summed E-state index contributed by atoms with van der Waals surface area (Å²) in [7, 11) is 3.97. The minimum Gasteiger partial charge on any atom is -0.395 e. The maximum absolute atomic E-state index is 9.21. The Hall–Kier alpha value is -0.900. The van der Waals surface area contributed by atoms with Gasteiger partial charge in [-0.15, -0.1) is 0 Å². The standard InChI is InChI=1S/C13H22N2O/c1-9-5-6-11(10(2)7-9)13(15(3)4)12(14)8-16/h5-7,12-13,16H,8,14H2,1-4H3. The van der Waals surface area contributed by atoms with Crippen molar-refractivity contribution in [2.45, 2.75) is 25.9 Å². The topological polar surface area (TPSA) is 49.5 Å². The maximum Gasteiger partial charge on any atom is 0.0601 e. The molecule has 0 amide bonds. The van der Waals surface area contributed by atoms with Crippen molar-refractivity contribution in [2.75, 3.05) is 20.7 Å². The average molecular weight is 222 g/mol. The van der Waals surface area contributed by atoms with Crippen molar-refractivity contribution in [3.63, 3.8) is 0 Å². The second kappa shape index (κ2) is 5.43. The maximum atomic E-state index is 9.21. The van der Waals surface area contributed by atoms with E-state index in [0.29, 0.717) is 0 Å². The third-order valence-electron chi connectivity index (χ3n) is 2.92. The largest absolute Gasteiger partial charge is 0.395 e. The van der Waals surface area contributed by atoms with E-state index in [4.69, 9.17) is 5.73 Å². The smallest absolute Gasteiger partial charge is 0.0601 e. The van der Waals surface area contributed by atoms with Crippen LogP contribution >= 0.6 is 0 Å². The van der Waals surface area contributed by atoms with Gasteiger partial charge >= 0.3 is 0 Å². The average Bonchev–Trinajstić information content (AvgIpc) is 2.21. The van der Waals surface area contributed by atoms with Crippen molar-refractivity contribution < 1.29 is 5.11 Å². The first-order valence-corrected chi connectivity index (χ1v) is 5.57. The molecule has 90 valence electrons. The van der Waals surface area contributed by atoms with E-state index >= 15 is 0 Å². The van der Waals surface area contributed by atoms with Crippen LogP contribution in [0.5, 0.6) is 0 Å². The molecule has 3 nitrogen and oxygen atoms in total. The lowest BCUT2D eigenvalue weighted by Crippen LogP contribution is -2.40. The first kappa shape index (κ1) is 13.2. The van der Waals surface area contributed by atoms with E-state index in [2.05, 4.69) is 36.9 Å². The summed E-state index contributed by atoms with van der Waals surface area (Å²) in [6.45, 7) is 4.16. The Morgan fingerprint density at radius 3 is 2.38 bits per heavy atom. The van der Waals surface area contributed by atoms with Crippen LogP contribution in [0.4, 0.5) is 0 Å². The Balaban J connectivity index is 3.11. The van der Waals surface area contributed by atoms with Crippen molar-refractivity contribution in [1.82, 2.24) is 4.90 Å². The normalized spacial score (nSPS) is 15.2. The van der Waals surface area contributed by atoms with Gasteiger partial charge in [-0.3, -0.25) is 0 Å². The molecule has 0 aliphatic rings. The summed E-state index contributed by atoms with van der Waals surface area (Å²) in [5.74, 6) is 0. The molecule has 1 aromatic rings. The number of likely N-dealkylation sites (N-methyl/N-ethyl adjacent to an activating group) is 1. The van der Waals surface area contributed by atoms with Crippen LogP contribution in [-0.4, -0.2) is 36.8 Å². The minimum absolute atomic E-state index is 0.00381. The van der Waals surface area contributed by atoms with Gasteiger partial charge in [-0.2, -0.15) is 0 Å². The highest BCUT2D eigenvalue weighted by Gasteiger charge is 2.22. The van der Waals surface area contributed by atoms with Gasteiger partial charge in [0, 0.05) is 6.04 Å². The molecular weight excluding hydrogens is 200 g/mol. The molecule has 0 fully saturated rings. The van der Waals surface area contributed by atoms with Gasteiger partial charge in [0.2, 0.25) is 0 Å². The van der Waals surface area contributed by atoms with Gasteiger partial charge in [0.1, 0.15) is 0 Å². The fourth-order valence-electron chi connectivity index (χ4n) is 2.15. The van der Waals surface area contributed by atoms with E-state index in [1.54, 1.807) is 0 Å². The zero-order valence-corrected chi connectivity index (χ0v) is 10.6. The Morgan fingerprint density at radius 2 is 1.94 bits per heavy atom. The minimum atomic E-state index is -0.253. The second-order valence-electron chi connectivity index (χ2n) is 4.61. The van der Waals surface area contributed by atoms with E-state index in [-0.39, 0.29) is 18.7 Å². The van der Waals surface area contributed by atoms with Gasteiger partial charge < -0.3 is 15.7 Å². The molecule has 1 aromatic carbocycles. The number of nitrogens with two attached hydrogens (primary N) is 1. The number of hydrogen-bond acceptors (Lipinski definition) is 3. The fourth-order valence-corrected chi connectivity index (χ4v) is 2.15. The third kappa shape index (κ3) is 2.82. The molecule has 1 rings (SSSR count). The zero-order valence-electron chi connectivity index (χ0n) is 10.6. The zero-order chi connectivity index (χ0) is 12.3. The van der Waals surface area contributed by atoms with Gasteiger partial charge in [-0.1, -0.05) is 23.8 Å². The lowest BCUT2D eigenvalue weighted by atomic mass is 9.94. The molecular formula is C13H22N2O. The summed E-state index contributed by atoms with van der Waals surface area (Å²) >= 11 is 0. The lowest BCUT2D eigenvalue weighted by molar-refractivity contribution is 0.181. The monoisotopic (exact) mass is 222 g/mol. The Morgan fingerprint density at radius 1 is 1.31 bits per heavy atom. The predicted octanol–water partition coefficient (Wildman–Crippen LogP) is 1.23. The molecule has 2 unspecified atom stereocenters.